The van der Waals surface area contributed by atoms with Crippen molar-refractivity contribution in [2.45, 2.75) is 24.8 Å². The molecular formula is C12H13FN2O4. The first kappa shape index (κ1) is 13.4. The number of hydrogen-bond acceptors (Lipinski definition) is 4. The monoisotopic (exact) mass is 268 g/mol. The standard InChI is InChI=1S/C12H13FN2O4/c13-9-4-8(5-10(6-9)15(18)19)7-12(11(16)17)2-1-3-14-12/h4-6,14H,1-3,7H2,(H,16,17). The molecule has 0 spiro atoms. The molecule has 1 atom stereocenters. The first-order valence-electron chi connectivity index (χ1n) is 5.85. The summed E-state index contributed by atoms with van der Waals surface area (Å²) in [5, 5.41) is 22.8. The minimum atomic E-state index is -1.15. The van der Waals surface area contributed by atoms with Crippen LogP contribution in [0.15, 0.2) is 18.2 Å². The van der Waals surface area contributed by atoms with E-state index >= 15 is 0 Å². The summed E-state index contributed by atoms with van der Waals surface area (Å²) in [5.41, 5.74) is -1.21. The number of rotatable bonds is 4. The highest BCUT2D eigenvalue weighted by molar-refractivity contribution is 5.79. The fourth-order valence-electron chi connectivity index (χ4n) is 2.40. The fourth-order valence-corrected chi connectivity index (χ4v) is 2.40. The number of nitrogens with zero attached hydrogens (tertiary/aromatic N) is 1. The van der Waals surface area contributed by atoms with Crippen LogP contribution in [0.5, 0.6) is 0 Å². The van der Waals surface area contributed by atoms with E-state index in [0.29, 0.717) is 24.9 Å². The number of non-ortho nitro benzene ring substituents is 1. The van der Waals surface area contributed by atoms with Gasteiger partial charge in [-0.05, 0) is 31.0 Å². The number of nitro benzene ring substituents is 1. The van der Waals surface area contributed by atoms with E-state index in [4.69, 9.17) is 0 Å². The van der Waals surface area contributed by atoms with Crippen LogP contribution >= 0.6 is 0 Å². The summed E-state index contributed by atoms with van der Waals surface area (Å²) < 4.78 is 13.3. The van der Waals surface area contributed by atoms with E-state index in [1.54, 1.807) is 0 Å². The Morgan fingerprint density at radius 3 is 2.79 bits per heavy atom. The number of carboxylic acids is 1. The molecule has 0 radical (unpaired) electrons. The second-order valence-corrected chi connectivity index (χ2v) is 4.67. The van der Waals surface area contributed by atoms with Crippen LogP contribution in [0.3, 0.4) is 0 Å². The Bertz CT molecular complexity index is 526. The molecule has 0 amide bonds. The zero-order valence-corrected chi connectivity index (χ0v) is 10.1. The molecule has 19 heavy (non-hydrogen) atoms. The highest BCUT2D eigenvalue weighted by Gasteiger charge is 2.41. The average molecular weight is 268 g/mol. The predicted molar refractivity (Wildman–Crippen MR) is 64.4 cm³/mol. The van der Waals surface area contributed by atoms with Crippen molar-refractivity contribution in [2.24, 2.45) is 0 Å². The van der Waals surface area contributed by atoms with Crippen LogP contribution in [-0.4, -0.2) is 28.1 Å². The first-order valence-corrected chi connectivity index (χ1v) is 5.85. The molecule has 1 aliphatic rings. The van der Waals surface area contributed by atoms with E-state index in [-0.39, 0.29) is 12.1 Å². The number of carbonyl (C=O) groups is 1. The Kier molecular flexibility index (Phi) is 3.48. The zero-order chi connectivity index (χ0) is 14.0. The number of carboxylic acid groups (broad SMARTS) is 1. The van der Waals surface area contributed by atoms with Gasteiger partial charge in [-0.15, -0.1) is 0 Å². The Labute approximate surface area is 108 Å². The van der Waals surface area contributed by atoms with E-state index in [2.05, 4.69) is 5.32 Å². The van der Waals surface area contributed by atoms with Gasteiger partial charge in [0.05, 0.1) is 11.0 Å². The van der Waals surface area contributed by atoms with Gasteiger partial charge in [0.15, 0.2) is 0 Å². The summed E-state index contributed by atoms with van der Waals surface area (Å²) in [6.07, 6.45) is 1.16. The summed E-state index contributed by atoms with van der Waals surface area (Å²) in [6, 6.07) is 3.17. The van der Waals surface area contributed by atoms with Crippen molar-refractivity contribution in [1.82, 2.24) is 5.32 Å². The van der Waals surface area contributed by atoms with Gasteiger partial charge in [0.25, 0.3) is 5.69 Å². The number of halogens is 1. The third-order valence-electron chi connectivity index (χ3n) is 3.31. The lowest BCUT2D eigenvalue weighted by molar-refractivity contribution is -0.385. The minimum Gasteiger partial charge on any atom is -0.480 e. The van der Waals surface area contributed by atoms with Crippen molar-refractivity contribution in [3.8, 4) is 0 Å². The molecule has 2 N–H and O–H groups in total. The van der Waals surface area contributed by atoms with Gasteiger partial charge in [0.1, 0.15) is 11.4 Å². The van der Waals surface area contributed by atoms with Gasteiger partial charge < -0.3 is 10.4 Å². The van der Waals surface area contributed by atoms with E-state index in [9.17, 15) is 24.4 Å². The number of nitro groups is 1. The Hall–Kier alpha value is -2.02. The number of aliphatic carboxylic acids is 1. The van der Waals surface area contributed by atoms with Gasteiger partial charge >= 0.3 is 5.97 Å². The number of nitrogens with one attached hydrogen (secondary N) is 1. The van der Waals surface area contributed by atoms with Gasteiger partial charge in [-0.1, -0.05) is 0 Å². The molecule has 0 aromatic heterocycles. The summed E-state index contributed by atoms with van der Waals surface area (Å²) in [6.45, 7) is 0.573. The smallest absolute Gasteiger partial charge is 0.324 e. The van der Waals surface area contributed by atoms with Crippen LogP contribution in [-0.2, 0) is 11.2 Å². The first-order chi connectivity index (χ1) is 8.93. The van der Waals surface area contributed by atoms with E-state index in [1.165, 1.54) is 6.07 Å². The molecule has 1 fully saturated rings. The Morgan fingerprint density at radius 2 is 2.26 bits per heavy atom. The fraction of sp³-hybridized carbons (Fsp3) is 0.417. The maximum atomic E-state index is 13.3. The lowest BCUT2D eigenvalue weighted by atomic mass is 9.89. The van der Waals surface area contributed by atoms with Gasteiger partial charge in [-0.3, -0.25) is 14.9 Å². The Balaban J connectivity index is 2.32. The topological polar surface area (TPSA) is 92.5 Å². The summed E-state index contributed by atoms with van der Waals surface area (Å²) in [7, 11) is 0. The number of hydrogen-bond donors (Lipinski definition) is 2. The summed E-state index contributed by atoms with van der Waals surface area (Å²) in [4.78, 5) is 21.3. The van der Waals surface area contributed by atoms with Crippen LogP contribution in [0, 0.1) is 15.9 Å². The third kappa shape index (κ3) is 2.70. The van der Waals surface area contributed by atoms with Crippen LogP contribution in [0.25, 0.3) is 0 Å². The van der Waals surface area contributed by atoms with Crippen LogP contribution < -0.4 is 5.32 Å². The molecule has 0 saturated carbocycles. The second-order valence-electron chi connectivity index (χ2n) is 4.67. The highest BCUT2D eigenvalue weighted by atomic mass is 19.1. The second kappa shape index (κ2) is 4.93. The molecule has 6 nitrogen and oxygen atoms in total. The Morgan fingerprint density at radius 1 is 1.53 bits per heavy atom. The SMILES string of the molecule is O=C(O)C1(Cc2cc(F)cc([N+](=O)[O-])c2)CCCN1. The lowest BCUT2D eigenvalue weighted by Gasteiger charge is -2.24. The van der Waals surface area contributed by atoms with Crippen molar-refractivity contribution in [3.63, 3.8) is 0 Å². The molecular weight excluding hydrogens is 255 g/mol. The van der Waals surface area contributed by atoms with Crippen LogP contribution in [0.2, 0.25) is 0 Å². The van der Waals surface area contributed by atoms with Crippen molar-refractivity contribution >= 4 is 11.7 Å². The van der Waals surface area contributed by atoms with Gasteiger partial charge in [-0.2, -0.15) is 0 Å². The quantitative estimate of drug-likeness (QED) is 0.637. The van der Waals surface area contributed by atoms with Gasteiger partial charge in [0.2, 0.25) is 0 Å². The van der Waals surface area contributed by atoms with Gasteiger partial charge in [0, 0.05) is 12.5 Å². The summed E-state index contributed by atoms with van der Waals surface area (Å²) >= 11 is 0. The van der Waals surface area contributed by atoms with Crippen molar-refractivity contribution in [2.75, 3.05) is 6.54 Å². The lowest BCUT2D eigenvalue weighted by Crippen LogP contribution is -2.49. The molecule has 7 heteroatoms. The van der Waals surface area contributed by atoms with Crippen LogP contribution in [0.1, 0.15) is 18.4 Å². The maximum Gasteiger partial charge on any atom is 0.324 e. The molecule has 1 aromatic rings. The summed E-state index contributed by atoms with van der Waals surface area (Å²) in [5.74, 6) is -1.75. The predicted octanol–water partition coefficient (Wildman–Crippen LogP) is 1.48. The van der Waals surface area contributed by atoms with Crippen molar-refractivity contribution in [1.29, 1.82) is 0 Å². The molecule has 1 saturated heterocycles. The zero-order valence-electron chi connectivity index (χ0n) is 10.1. The van der Waals surface area contributed by atoms with E-state index in [1.807, 2.05) is 0 Å². The van der Waals surface area contributed by atoms with E-state index in [0.717, 1.165) is 12.1 Å². The molecule has 1 heterocycles. The van der Waals surface area contributed by atoms with Crippen molar-refractivity contribution < 1.29 is 19.2 Å². The third-order valence-corrected chi connectivity index (χ3v) is 3.31. The molecule has 1 aliphatic heterocycles. The largest absolute Gasteiger partial charge is 0.480 e. The normalized spacial score (nSPS) is 22.4. The minimum absolute atomic E-state index is 0.0287. The highest BCUT2D eigenvalue weighted by Crippen LogP contribution is 2.26. The molecule has 102 valence electrons. The van der Waals surface area contributed by atoms with Gasteiger partial charge in [-0.25, -0.2) is 4.39 Å². The molecule has 2 rings (SSSR count). The molecule has 0 bridgehead atoms. The van der Waals surface area contributed by atoms with E-state index < -0.39 is 22.2 Å². The van der Waals surface area contributed by atoms with Crippen molar-refractivity contribution in [3.05, 3.63) is 39.7 Å². The molecule has 1 aromatic carbocycles. The molecule has 1 unspecified atom stereocenters. The average Bonchev–Trinajstić information content (AvgIpc) is 2.78. The molecule has 0 aliphatic carbocycles. The number of benzene rings is 1. The van der Waals surface area contributed by atoms with Crippen LogP contribution in [0.4, 0.5) is 10.1 Å². The maximum absolute atomic E-state index is 13.3.